The molecule has 0 aliphatic carbocycles. The molecule has 0 amide bonds. The van der Waals surface area contributed by atoms with Gasteiger partial charge in [0.1, 0.15) is 32.9 Å². The van der Waals surface area contributed by atoms with Gasteiger partial charge in [-0.2, -0.15) is 18.6 Å². The molecule has 7 N–H and O–H groups in total. The second-order valence-corrected chi connectivity index (χ2v) is 12.4. The van der Waals surface area contributed by atoms with Crippen LogP contribution in [-0.4, -0.2) is 36.8 Å². The molecule has 5 aromatic rings. The van der Waals surface area contributed by atoms with Crippen molar-refractivity contribution in [3.63, 3.8) is 0 Å². The predicted octanol–water partition coefficient (Wildman–Crippen LogP) is 8.96. The minimum Gasteiger partial charge on any atom is -0.506 e. The molecule has 45 heavy (non-hydrogen) atoms. The number of phenols is 2. The van der Waals surface area contributed by atoms with E-state index in [-0.39, 0.29) is 44.5 Å². The van der Waals surface area contributed by atoms with E-state index in [1.54, 1.807) is 25.1 Å². The molecule has 16 heteroatoms. The third-order valence-corrected chi connectivity index (χ3v) is 8.14. The second kappa shape index (κ2) is 13.3. The van der Waals surface area contributed by atoms with Crippen molar-refractivity contribution >= 4 is 65.9 Å². The fourth-order valence-electron chi connectivity index (χ4n) is 4.18. The van der Waals surface area contributed by atoms with E-state index >= 15 is 0 Å². The van der Waals surface area contributed by atoms with Crippen LogP contribution in [-0.2, 0) is 27.2 Å². The molecule has 0 bridgehead atoms. The van der Waals surface area contributed by atoms with Gasteiger partial charge in [-0.15, -0.1) is 10.2 Å². The van der Waals surface area contributed by atoms with Crippen molar-refractivity contribution in [3.8, 4) is 11.5 Å². The summed E-state index contributed by atoms with van der Waals surface area (Å²) >= 11 is 0. The third kappa shape index (κ3) is 7.83. The normalized spacial score (nSPS) is 12.5. The molecule has 0 unspecified atom stereocenters. The Balaban J connectivity index is 0.00000461. The molecule has 0 saturated carbocycles. The van der Waals surface area contributed by atoms with Gasteiger partial charge in [0, 0.05) is 39.9 Å². The van der Waals surface area contributed by atoms with Crippen molar-refractivity contribution in [2.45, 2.75) is 16.7 Å². The van der Waals surface area contributed by atoms with Crippen LogP contribution in [0.4, 0.5) is 34.1 Å². The average molecular weight is 699 g/mol. The Hall–Kier alpha value is -4.38. The number of hydrogen-bond donors (Lipinski definition) is 7. The van der Waals surface area contributed by atoms with Gasteiger partial charge in [0.25, 0.3) is 10.1 Å². The van der Waals surface area contributed by atoms with Gasteiger partial charge < -0.3 is 29.2 Å². The number of nitrogens with zero attached hydrogens (tertiary/aromatic N) is 4. The zero-order valence-corrected chi connectivity index (χ0v) is 25.6. The minimum absolute atomic E-state index is 0. The fraction of sp³-hybridized carbons (Fsp3) is 0.0345. The summed E-state index contributed by atoms with van der Waals surface area (Å²) in [7, 11) is -8.71. The summed E-state index contributed by atoms with van der Waals surface area (Å²) in [4.78, 5) is -0.766. The number of benzene rings is 5. The predicted molar refractivity (Wildman–Crippen MR) is 167 cm³/mol. The van der Waals surface area contributed by atoms with E-state index in [1.165, 1.54) is 42.5 Å². The standard InChI is InChI=1S/C29H25N5O8S2.Cu/c1-17-13-25(26(35)16-24(17)32-31-20-7-10-22(11-8-20)43(37,38)39)33-34-28-27(44(40,41)42)15-18-14-21(9-12-23(18)29(28)36)30-19-5-3-2-4-6-19;/h2-16,30,35-39H,1H3,(H,40,41,42);. The molecule has 0 atom stereocenters. The summed E-state index contributed by atoms with van der Waals surface area (Å²) in [5.74, 6) is -0.927. The Morgan fingerprint density at radius 2 is 1.36 bits per heavy atom. The van der Waals surface area contributed by atoms with Crippen LogP contribution in [0.1, 0.15) is 5.56 Å². The summed E-state index contributed by atoms with van der Waals surface area (Å²) in [5.41, 5.74) is 1.87. The smallest absolute Gasteiger partial charge is 0.296 e. The van der Waals surface area contributed by atoms with Gasteiger partial charge in [0.2, 0.25) is 0 Å². The van der Waals surface area contributed by atoms with E-state index in [1.807, 2.05) is 30.3 Å². The minimum atomic E-state index is -4.86. The number of phenolic OH excluding ortho intramolecular Hbond substituents is 2. The quantitative estimate of drug-likeness (QED) is 0.0466. The number of nitrogens with one attached hydrogen (secondary N) is 1. The molecule has 237 valence electrons. The molecule has 0 heterocycles. The molecule has 0 aliphatic heterocycles. The monoisotopic (exact) mass is 698 g/mol. The maximum atomic E-state index is 12.3. The largest absolute Gasteiger partial charge is 0.506 e. The number of fused-ring (bicyclic) bond motifs is 1. The first kappa shape index (κ1) is 33.5. The van der Waals surface area contributed by atoms with Crippen molar-refractivity contribution in [3.05, 3.63) is 96.6 Å². The van der Waals surface area contributed by atoms with E-state index in [9.17, 15) is 36.8 Å². The molecule has 13 nitrogen and oxygen atoms in total. The molecule has 1 radical (unpaired) electrons. The Morgan fingerprint density at radius 3 is 2.00 bits per heavy atom. The Bertz CT molecular complexity index is 2040. The average Bonchev–Trinajstić information content (AvgIpc) is 2.97. The second-order valence-electron chi connectivity index (χ2n) is 9.51. The van der Waals surface area contributed by atoms with Gasteiger partial charge in [-0.25, -0.2) is 0 Å². The van der Waals surface area contributed by atoms with Crippen LogP contribution in [0.2, 0.25) is 0 Å². The van der Waals surface area contributed by atoms with Crippen molar-refractivity contribution in [1.29, 1.82) is 0 Å². The van der Waals surface area contributed by atoms with Crippen molar-refractivity contribution < 1.29 is 53.9 Å². The van der Waals surface area contributed by atoms with Crippen LogP contribution in [0, 0.1) is 6.92 Å². The van der Waals surface area contributed by atoms with E-state index < -0.39 is 37.3 Å². The zero-order chi connectivity index (χ0) is 31.6. The third-order valence-electron chi connectivity index (χ3n) is 6.37. The van der Waals surface area contributed by atoms with Crippen LogP contribution in [0.25, 0.3) is 10.8 Å². The van der Waals surface area contributed by atoms with E-state index in [2.05, 4.69) is 25.8 Å². The summed E-state index contributed by atoms with van der Waals surface area (Å²) in [6, 6.07) is 23.3. The van der Waals surface area contributed by atoms with Crippen LogP contribution < -0.4 is 5.32 Å². The van der Waals surface area contributed by atoms with Gasteiger partial charge in [0.15, 0.2) is 5.75 Å². The first-order valence-electron chi connectivity index (χ1n) is 12.7. The number of anilines is 2. The zero-order valence-electron chi connectivity index (χ0n) is 23.1. The molecule has 0 aliphatic rings. The summed E-state index contributed by atoms with van der Waals surface area (Å²) < 4.78 is 62.4. The number of hydrogen-bond acceptors (Lipinski definition) is 12. The molecular formula is C29H25CuN5O8S2. The van der Waals surface area contributed by atoms with Crippen molar-refractivity contribution in [2.75, 3.05) is 5.32 Å². The Morgan fingerprint density at radius 1 is 0.689 bits per heavy atom. The Kier molecular flexibility index (Phi) is 9.92. The topological polar surface area (TPSA) is 217 Å². The summed E-state index contributed by atoms with van der Waals surface area (Å²) in [6.45, 7) is 1.65. The molecule has 5 aromatic carbocycles. The van der Waals surface area contributed by atoms with Gasteiger partial charge in [-0.3, -0.25) is 4.55 Å². The molecule has 0 saturated heterocycles. The number of aryl methyl sites for hydroxylation is 1. The maximum absolute atomic E-state index is 12.3. The van der Waals surface area contributed by atoms with Crippen molar-refractivity contribution in [2.24, 2.45) is 20.5 Å². The summed E-state index contributed by atoms with van der Waals surface area (Å²) in [6.07, 6.45) is 0. The van der Waals surface area contributed by atoms with Crippen LogP contribution >= 0.6 is 10.9 Å². The Labute approximate surface area is 269 Å². The molecule has 0 aromatic heterocycles. The molecule has 0 fully saturated rings. The van der Waals surface area contributed by atoms with Crippen molar-refractivity contribution in [1.82, 2.24) is 0 Å². The van der Waals surface area contributed by atoms with E-state index in [0.717, 1.165) is 5.69 Å². The fourth-order valence-corrected chi connectivity index (χ4v) is 5.34. The van der Waals surface area contributed by atoms with Gasteiger partial charge in [-0.1, -0.05) is 18.2 Å². The van der Waals surface area contributed by atoms with Gasteiger partial charge >= 0.3 is 0 Å². The summed E-state index contributed by atoms with van der Waals surface area (Å²) in [5, 5.41) is 41.2. The SMILES string of the molecule is Cc1cc(N=Nc2c(S(=O)(=O)O)cc3cc(Nc4ccccc4)ccc3c2O)c(O)cc1N=Nc1ccc(S(O)(O)O)cc1.[Cu]. The van der Waals surface area contributed by atoms with Crippen LogP contribution in [0.5, 0.6) is 11.5 Å². The molecule has 5 rings (SSSR count). The number of para-hydroxylation sites is 1. The van der Waals surface area contributed by atoms with Crippen LogP contribution in [0.3, 0.4) is 0 Å². The molecular weight excluding hydrogens is 674 g/mol. The van der Waals surface area contributed by atoms with Gasteiger partial charge in [-0.05, 0) is 84.6 Å². The number of azo groups is 2. The first-order valence-corrected chi connectivity index (χ1v) is 15.6. The van der Waals surface area contributed by atoms with E-state index in [4.69, 9.17) is 0 Å². The number of rotatable bonds is 8. The number of aromatic hydroxyl groups is 2. The first-order chi connectivity index (χ1) is 20.8. The van der Waals surface area contributed by atoms with E-state index in [0.29, 0.717) is 22.3 Å². The maximum Gasteiger partial charge on any atom is 0.296 e. The van der Waals surface area contributed by atoms with Crippen LogP contribution in [0.15, 0.2) is 121 Å². The van der Waals surface area contributed by atoms with Gasteiger partial charge in [0.05, 0.1) is 16.3 Å². The molecule has 0 spiro atoms.